The Morgan fingerprint density at radius 3 is 2.64 bits per heavy atom. The zero-order chi connectivity index (χ0) is 15.5. The highest BCUT2D eigenvalue weighted by Gasteiger charge is 2.18. The molecular weight excluding hydrogens is 358 g/mol. The van der Waals surface area contributed by atoms with Gasteiger partial charge in [0.15, 0.2) is 0 Å². The van der Waals surface area contributed by atoms with Crippen molar-refractivity contribution in [1.82, 2.24) is 9.88 Å². The largest absolute Gasteiger partial charge is 0.369 e. The van der Waals surface area contributed by atoms with E-state index in [0.29, 0.717) is 5.92 Å². The molecule has 1 aliphatic heterocycles. The maximum atomic E-state index is 4.75. The molecule has 0 amide bonds. The highest BCUT2D eigenvalue weighted by atomic mass is 79.9. The van der Waals surface area contributed by atoms with Crippen LogP contribution < -0.4 is 4.90 Å². The molecule has 0 aliphatic carbocycles. The lowest BCUT2D eigenvalue weighted by Crippen LogP contribution is -2.46. The summed E-state index contributed by atoms with van der Waals surface area (Å²) >= 11 is 5.35. The van der Waals surface area contributed by atoms with E-state index in [1.807, 2.05) is 0 Å². The predicted molar refractivity (Wildman–Crippen MR) is 97.8 cm³/mol. The molecule has 0 N–H and O–H groups in total. The van der Waals surface area contributed by atoms with Crippen LogP contribution in [0.2, 0.25) is 0 Å². The van der Waals surface area contributed by atoms with Crippen LogP contribution in [0.15, 0.2) is 34.1 Å². The van der Waals surface area contributed by atoms with Gasteiger partial charge in [0, 0.05) is 54.2 Å². The molecule has 0 spiro atoms. The van der Waals surface area contributed by atoms with E-state index >= 15 is 0 Å². The van der Waals surface area contributed by atoms with E-state index in [0.717, 1.165) is 37.2 Å². The highest BCUT2D eigenvalue weighted by Crippen LogP contribution is 2.23. The van der Waals surface area contributed by atoms with Crippen LogP contribution in [0.5, 0.6) is 0 Å². The molecule has 0 radical (unpaired) electrons. The lowest BCUT2D eigenvalue weighted by atomic mass is 10.2. The summed E-state index contributed by atoms with van der Waals surface area (Å²) in [6.45, 7) is 9.76. The van der Waals surface area contributed by atoms with Crippen LogP contribution in [-0.4, -0.2) is 36.1 Å². The minimum atomic E-state index is 0.534. The van der Waals surface area contributed by atoms with Crippen molar-refractivity contribution in [3.05, 3.63) is 44.8 Å². The molecule has 5 heteroatoms. The minimum absolute atomic E-state index is 0.534. The van der Waals surface area contributed by atoms with Gasteiger partial charge in [0.2, 0.25) is 0 Å². The molecule has 1 aromatic carbocycles. The van der Waals surface area contributed by atoms with Gasteiger partial charge in [0.25, 0.3) is 0 Å². The molecule has 118 valence electrons. The van der Waals surface area contributed by atoms with Gasteiger partial charge in [-0.25, -0.2) is 4.98 Å². The van der Waals surface area contributed by atoms with Crippen LogP contribution in [-0.2, 0) is 6.54 Å². The van der Waals surface area contributed by atoms with Gasteiger partial charge in [0.05, 0.1) is 10.7 Å². The van der Waals surface area contributed by atoms with E-state index in [9.17, 15) is 0 Å². The van der Waals surface area contributed by atoms with Gasteiger partial charge in [0.1, 0.15) is 0 Å². The summed E-state index contributed by atoms with van der Waals surface area (Å²) in [5.41, 5.74) is 2.54. The van der Waals surface area contributed by atoms with E-state index in [1.54, 1.807) is 11.3 Å². The summed E-state index contributed by atoms with van der Waals surface area (Å²) in [6, 6.07) is 8.57. The molecule has 1 aliphatic rings. The Bertz CT molecular complexity index is 618. The molecule has 1 aromatic heterocycles. The topological polar surface area (TPSA) is 19.4 Å². The summed E-state index contributed by atoms with van der Waals surface area (Å²) in [4.78, 5) is 9.72. The van der Waals surface area contributed by atoms with E-state index in [-0.39, 0.29) is 0 Å². The SMILES string of the molecule is CC(C)c1nc(CN2CCN(c3cccc(Br)c3)CC2)cs1. The van der Waals surface area contributed by atoms with E-state index < -0.39 is 0 Å². The average Bonchev–Trinajstić information content (AvgIpc) is 2.97. The molecular formula is C17H22BrN3S. The van der Waals surface area contributed by atoms with Crippen LogP contribution >= 0.6 is 27.3 Å². The van der Waals surface area contributed by atoms with Crippen molar-refractivity contribution in [2.45, 2.75) is 26.3 Å². The van der Waals surface area contributed by atoms with Gasteiger partial charge in [-0.05, 0) is 18.2 Å². The van der Waals surface area contributed by atoms with Crippen molar-refractivity contribution in [3.8, 4) is 0 Å². The van der Waals surface area contributed by atoms with Gasteiger partial charge in [-0.1, -0.05) is 35.8 Å². The third-order valence-electron chi connectivity index (χ3n) is 3.99. The average molecular weight is 380 g/mol. The number of hydrogen-bond donors (Lipinski definition) is 0. The van der Waals surface area contributed by atoms with Gasteiger partial charge in [-0.2, -0.15) is 0 Å². The number of hydrogen-bond acceptors (Lipinski definition) is 4. The van der Waals surface area contributed by atoms with Crippen molar-refractivity contribution < 1.29 is 0 Å². The Morgan fingerprint density at radius 2 is 2.00 bits per heavy atom. The molecule has 0 saturated carbocycles. The first-order valence-electron chi connectivity index (χ1n) is 7.79. The summed E-state index contributed by atoms with van der Waals surface area (Å²) in [5.74, 6) is 0.534. The summed E-state index contributed by atoms with van der Waals surface area (Å²) in [7, 11) is 0. The number of piperazine rings is 1. The number of halogens is 1. The standard InChI is InChI=1S/C17H22BrN3S/c1-13(2)17-19-15(12-22-17)11-20-6-8-21(9-7-20)16-5-3-4-14(18)10-16/h3-5,10,12-13H,6-9,11H2,1-2H3. The highest BCUT2D eigenvalue weighted by molar-refractivity contribution is 9.10. The molecule has 0 unspecified atom stereocenters. The smallest absolute Gasteiger partial charge is 0.0954 e. The molecule has 0 atom stereocenters. The van der Waals surface area contributed by atoms with Crippen molar-refractivity contribution in [3.63, 3.8) is 0 Å². The van der Waals surface area contributed by atoms with Gasteiger partial charge < -0.3 is 4.90 Å². The Balaban J connectivity index is 1.55. The van der Waals surface area contributed by atoms with Crippen molar-refractivity contribution in [2.24, 2.45) is 0 Å². The second-order valence-electron chi connectivity index (χ2n) is 6.07. The summed E-state index contributed by atoms with van der Waals surface area (Å²) in [6.07, 6.45) is 0. The predicted octanol–water partition coefficient (Wildman–Crippen LogP) is 4.35. The van der Waals surface area contributed by atoms with Crippen molar-refractivity contribution >= 4 is 33.0 Å². The molecule has 2 heterocycles. The lowest BCUT2D eigenvalue weighted by Gasteiger charge is -2.35. The fourth-order valence-corrected chi connectivity index (χ4v) is 3.94. The van der Waals surface area contributed by atoms with Crippen LogP contribution in [0, 0.1) is 0 Å². The zero-order valence-electron chi connectivity index (χ0n) is 13.1. The fourth-order valence-electron chi connectivity index (χ4n) is 2.73. The molecule has 1 saturated heterocycles. The molecule has 22 heavy (non-hydrogen) atoms. The molecule has 1 fully saturated rings. The van der Waals surface area contributed by atoms with Gasteiger partial charge in [-0.15, -0.1) is 11.3 Å². The normalized spacial score (nSPS) is 16.5. The fraction of sp³-hybridized carbons (Fsp3) is 0.471. The van der Waals surface area contributed by atoms with Crippen LogP contribution in [0.1, 0.15) is 30.5 Å². The Labute approximate surface area is 145 Å². The Morgan fingerprint density at radius 1 is 1.23 bits per heavy atom. The van der Waals surface area contributed by atoms with E-state index in [4.69, 9.17) is 4.98 Å². The van der Waals surface area contributed by atoms with Crippen molar-refractivity contribution in [2.75, 3.05) is 31.1 Å². The van der Waals surface area contributed by atoms with Crippen LogP contribution in [0.25, 0.3) is 0 Å². The number of aromatic nitrogens is 1. The van der Waals surface area contributed by atoms with Gasteiger partial charge >= 0.3 is 0 Å². The number of thiazole rings is 1. The van der Waals surface area contributed by atoms with Crippen molar-refractivity contribution in [1.29, 1.82) is 0 Å². The number of benzene rings is 1. The molecule has 3 nitrogen and oxygen atoms in total. The van der Waals surface area contributed by atoms with Gasteiger partial charge in [-0.3, -0.25) is 4.90 Å². The molecule has 3 rings (SSSR count). The first kappa shape index (κ1) is 16.0. The Hall–Kier alpha value is -0.910. The minimum Gasteiger partial charge on any atom is -0.369 e. The van der Waals surface area contributed by atoms with Crippen LogP contribution in [0.3, 0.4) is 0 Å². The lowest BCUT2D eigenvalue weighted by molar-refractivity contribution is 0.247. The number of rotatable bonds is 4. The zero-order valence-corrected chi connectivity index (χ0v) is 15.5. The maximum absolute atomic E-state index is 4.75. The first-order valence-corrected chi connectivity index (χ1v) is 9.46. The third-order valence-corrected chi connectivity index (χ3v) is 5.68. The monoisotopic (exact) mass is 379 g/mol. The molecule has 0 bridgehead atoms. The first-order chi connectivity index (χ1) is 10.6. The number of anilines is 1. The quantitative estimate of drug-likeness (QED) is 0.786. The molecule has 2 aromatic rings. The second kappa shape index (κ2) is 7.11. The van der Waals surface area contributed by atoms with E-state index in [1.165, 1.54) is 16.4 Å². The Kier molecular flexibility index (Phi) is 5.16. The maximum Gasteiger partial charge on any atom is 0.0954 e. The van der Waals surface area contributed by atoms with E-state index in [2.05, 4.69) is 69.2 Å². The number of nitrogens with zero attached hydrogens (tertiary/aromatic N) is 3. The summed E-state index contributed by atoms with van der Waals surface area (Å²) in [5, 5.41) is 3.47. The summed E-state index contributed by atoms with van der Waals surface area (Å²) < 4.78 is 1.15. The second-order valence-corrected chi connectivity index (χ2v) is 7.88. The van der Waals surface area contributed by atoms with Crippen LogP contribution in [0.4, 0.5) is 5.69 Å². The third kappa shape index (κ3) is 3.89.